The Labute approximate surface area is 177 Å². The first kappa shape index (κ1) is 20.4. The predicted molar refractivity (Wildman–Crippen MR) is 120 cm³/mol. The zero-order valence-electron chi connectivity index (χ0n) is 17.9. The number of carbonyl (C=O) groups is 1. The number of rotatable bonds is 5. The number of hydrogen-bond donors (Lipinski definition) is 1. The number of carboxylic acids is 1. The maximum atomic E-state index is 11.7. The van der Waals surface area contributed by atoms with Crippen molar-refractivity contribution < 1.29 is 14.6 Å². The fraction of sp³-hybridized carbons (Fsp3) is 0.385. The van der Waals surface area contributed by atoms with Crippen LogP contribution in [-0.2, 0) is 11.8 Å². The van der Waals surface area contributed by atoms with Gasteiger partial charge in [-0.1, -0.05) is 70.7 Å². The van der Waals surface area contributed by atoms with Gasteiger partial charge >= 0.3 is 5.97 Å². The Hall–Kier alpha value is -2.88. The van der Waals surface area contributed by atoms with Gasteiger partial charge in [0.1, 0.15) is 17.2 Å². The van der Waals surface area contributed by atoms with E-state index in [2.05, 4.69) is 37.9 Å². The van der Waals surface area contributed by atoms with Gasteiger partial charge in [0.05, 0.1) is 0 Å². The van der Waals surface area contributed by atoms with Crippen molar-refractivity contribution in [3.8, 4) is 11.5 Å². The molecule has 1 heterocycles. The lowest BCUT2D eigenvalue weighted by Gasteiger charge is -2.19. The summed E-state index contributed by atoms with van der Waals surface area (Å²) >= 11 is 0. The smallest absolute Gasteiger partial charge is 0.354 e. The number of hydrogen-bond acceptors (Lipinski definition) is 3. The van der Waals surface area contributed by atoms with E-state index in [1.807, 2.05) is 30.3 Å². The van der Waals surface area contributed by atoms with Gasteiger partial charge in [0.15, 0.2) is 0 Å². The zero-order valence-corrected chi connectivity index (χ0v) is 17.9. The number of aromatic nitrogens is 1. The molecule has 4 nitrogen and oxygen atoms in total. The van der Waals surface area contributed by atoms with E-state index in [1.54, 1.807) is 6.07 Å². The molecule has 1 N–H and O–H groups in total. The van der Waals surface area contributed by atoms with Crippen LogP contribution in [0.25, 0.3) is 10.8 Å². The summed E-state index contributed by atoms with van der Waals surface area (Å²) in [4.78, 5) is 16.2. The third-order valence-electron chi connectivity index (χ3n) is 6.04. The van der Waals surface area contributed by atoms with Gasteiger partial charge in [-0.05, 0) is 47.6 Å². The molecule has 0 radical (unpaired) electrons. The summed E-state index contributed by atoms with van der Waals surface area (Å²) in [6.07, 6.45) is 5.70. The number of nitrogens with zero attached hydrogens (tertiary/aromatic N) is 1. The molecule has 156 valence electrons. The standard InChI is InChI=1S/C26H29NO3/c1-26(2,3)18-11-13-19(14-12-18)30-24-10-6-9-20-21(24)16-23(25(28)29)27-22(20)15-17-7-4-5-8-17/h6,9-14,16-17H,4-5,7-8,15H2,1-3H3,(H,28,29). The summed E-state index contributed by atoms with van der Waals surface area (Å²) in [5.41, 5.74) is 2.26. The van der Waals surface area contributed by atoms with Gasteiger partial charge in [-0.2, -0.15) is 0 Å². The Morgan fingerprint density at radius 3 is 2.40 bits per heavy atom. The molecule has 0 spiro atoms. The average Bonchev–Trinajstić information content (AvgIpc) is 3.21. The van der Waals surface area contributed by atoms with Gasteiger partial charge in [0.25, 0.3) is 0 Å². The molecule has 0 aliphatic heterocycles. The van der Waals surface area contributed by atoms with Crippen LogP contribution in [0.5, 0.6) is 11.5 Å². The van der Waals surface area contributed by atoms with Gasteiger partial charge in [0.2, 0.25) is 0 Å². The molecular weight excluding hydrogens is 374 g/mol. The minimum atomic E-state index is -1.01. The topological polar surface area (TPSA) is 59.4 Å². The quantitative estimate of drug-likeness (QED) is 0.511. The van der Waals surface area contributed by atoms with Gasteiger partial charge in [-0.3, -0.25) is 0 Å². The van der Waals surface area contributed by atoms with Crippen molar-refractivity contribution in [2.24, 2.45) is 5.92 Å². The van der Waals surface area contributed by atoms with E-state index in [0.29, 0.717) is 11.7 Å². The second-order valence-electron chi connectivity index (χ2n) is 9.34. The largest absolute Gasteiger partial charge is 0.477 e. The number of fused-ring (bicyclic) bond motifs is 1. The zero-order chi connectivity index (χ0) is 21.3. The van der Waals surface area contributed by atoms with Crippen LogP contribution in [0.4, 0.5) is 0 Å². The van der Waals surface area contributed by atoms with Gasteiger partial charge < -0.3 is 9.84 Å². The number of ether oxygens (including phenoxy) is 1. The van der Waals surface area contributed by atoms with Crippen molar-refractivity contribution in [3.05, 3.63) is 65.5 Å². The van der Waals surface area contributed by atoms with Crippen LogP contribution in [0.1, 0.15) is 68.2 Å². The van der Waals surface area contributed by atoms with Crippen molar-refractivity contribution >= 4 is 16.7 Å². The van der Waals surface area contributed by atoms with E-state index in [-0.39, 0.29) is 11.1 Å². The minimum absolute atomic E-state index is 0.0784. The van der Waals surface area contributed by atoms with Gasteiger partial charge in [0, 0.05) is 16.5 Å². The van der Waals surface area contributed by atoms with Crippen LogP contribution >= 0.6 is 0 Å². The number of benzene rings is 2. The fourth-order valence-electron chi connectivity index (χ4n) is 4.31. The number of carboxylic acid groups (broad SMARTS) is 1. The average molecular weight is 404 g/mol. The molecule has 0 saturated heterocycles. The van der Waals surface area contributed by atoms with E-state index in [1.165, 1.54) is 31.2 Å². The Kier molecular flexibility index (Phi) is 5.50. The van der Waals surface area contributed by atoms with E-state index in [0.717, 1.165) is 28.6 Å². The predicted octanol–water partition coefficient (Wildman–Crippen LogP) is 6.76. The molecule has 4 rings (SSSR count). The van der Waals surface area contributed by atoms with E-state index in [9.17, 15) is 9.90 Å². The van der Waals surface area contributed by atoms with Crippen molar-refractivity contribution in [1.82, 2.24) is 4.98 Å². The summed E-state index contributed by atoms with van der Waals surface area (Å²) in [5.74, 6) is 0.975. The van der Waals surface area contributed by atoms with Crippen LogP contribution in [-0.4, -0.2) is 16.1 Å². The van der Waals surface area contributed by atoms with Crippen LogP contribution in [0.2, 0.25) is 0 Å². The van der Waals surface area contributed by atoms with Crippen molar-refractivity contribution in [2.75, 3.05) is 0 Å². The third kappa shape index (κ3) is 4.33. The summed E-state index contributed by atoms with van der Waals surface area (Å²) in [5, 5.41) is 11.4. The Morgan fingerprint density at radius 1 is 1.07 bits per heavy atom. The highest BCUT2D eigenvalue weighted by atomic mass is 16.5. The monoisotopic (exact) mass is 403 g/mol. The first-order valence-corrected chi connectivity index (χ1v) is 10.8. The number of pyridine rings is 1. The van der Waals surface area contributed by atoms with Crippen LogP contribution in [0.3, 0.4) is 0 Å². The summed E-state index contributed by atoms with van der Waals surface area (Å²) < 4.78 is 6.20. The minimum Gasteiger partial charge on any atom is -0.477 e. The molecule has 1 aromatic heterocycles. The molecule has 0 unspecified atom stereocenters. The normalized spacial score (nSPS) is 14.9. The second kappa shape index (κ2) is 8.10. The molecule has 30 heavy (non-hydrogen) atoms. The Bertz CT molecular complexity index is 1060. The molecule has 3 aromatic rings. The third-order valence-corrected chi connectivity index (χ3v) is 6.04. The molecule has 2 aromatic carbocycles. The lowest BCUT2D eigenvalue weighted by atomic mass is 9.87. The van der Waals surface area contributed by atoms with Crippen molar-refractivity contribution in [2.45, 2.75) is 58.3 Å². The maximum Gasteiger partial charge on any atom is 0.354 e. The molecule has 0 atom stereocenters. The summed E-state index contributed by atoms with van der Waals surface area (Å²) in [6.45, 7) is 6.54. The SMILES string of the molecule is CC(C)(C)c1ccc(Oc2cccc3c(CC4CCCC4)nc(C(=O)O)cc23)cc1. The highest BCUT2D eigenvalue weighted by Crippen LogP contribution is 2.35. The fourth-order valence-corrected chi connectivity index (χ4v) is 4.31. The first-order chi connectivity index (χ1) is 14.3. The van der Waals surface area contributed by atoms with Crippen LogP contribution in [0, 0.1) is 5.92 Å². The lowest BCUT2D eigenvalue weighted by molar-refractivity contribution is 0.0690. The second-order valence-corrected chi connectivity index (χ2v) is 9.34. The Morgan fingerprint density at radius 2 is 1.77 bits per heavy atom. The highest BCUT2D eigenvalue weighted by Gasteiger charge is 2.20. The Balaban J connectivity index is 1.72. The molecular formula is C26H29NO3. The molecule has 1 saturated carbocycles. The van der Waals surface area contributed by atoms with E-state index in [4.69, 9.17) is 4.74 Å². The molecule has 1 aliphatic carbocycles. The molecule has 1 fully saturated rings. The van der Waals surface area contributed by atoms with Crippen LogP contribution in [0.15, 0.2) is 48.5 Å². The maximum absolute atomic E-state index is 11.7. The van der Waals surface area contributed by atoms with E-state index >= 15 is 0 Å². The molecule has 0 bridgehead atoms. The summed E-state index contributed by atoms with van der Waals surface area (Å²) in [7, 11) is 0. The summed E-state index contributed by atoms with van der Waals surface area (Å²) in [6, 6.07) is 15.6. The van der Waals surface area contributed by atoms with Crippen LogP contribution < -0.4 is 4.74 Å². The molecule has 4 heteroatoms. The molecule has 0 amide bonds. The first-order valence-electron chi connectivity index (χ1n) is 10.8. The van der Waals surface area contributed by atoms with Crippen molar-refractivity contribution in [1.29, 1.82) is 0 Å². The highest BCUT2D eigenvalue weighted by molar-refractivity contribution is 5.96. The number of aromatic carboxylic acids is 1. The van der Waals surface area contributed by atoms with Gasteiger partial charge in [-0.25, -0.2) is 9.78 Å². The molecule has 1 aliphatic rings. The van der Waals surface area contributed by atoms with Crippen molar-refractivity contribution in [3.63, 3.8) is 0 Å². The van der Waals surface area contributed by atoms with Gasteiger partial charge in [-0.15, -0.1) is 0 Å². The van der Waals surface area contributed by atoms with E-state index < -0.39 is 5.97 Å². The lowest BCUT2D eigenvalue weighted by Crippen LogP contribution is -2.10.